The summed E-state index contributed by atoms with van der Waals surface area (Å²) in [6.45, 7) is 7.66. The SMILES string of the molecule is COCCNC(=O)c1cc(N2CCN3CCC2CC3)ccc1C. The minimum atomic E-state index is -0.00993. The van der Waals surface area contributed by atoms with Gasteiger partial charge in [0.1, 0.15) is 0 Å². The summed E-state index contributed by atoms with van der Waals surface area (Å²) in [4.78, 5) is 17.5. The van der Waals surface area contributed by atoms with Gasteiger partial charge in [0.15, 0.2) is 0 Å². The summed E-state index contributed by atoms with van der Waals surface area (Å²) in [5.41, 5.74) is 2.98. The number of methoxy groups -OCH3 is 1. The van der Waals surface area contributed by atoms with Crippen LogP contribution in [0.2, 0.25) is 0 Å². The molecule has 3 heterocycles. The highest BCUT2D eigenvalue weighted by Gasteiger charge is 2.29. The molecule has 1 aromatic carbocycles. The Kier molecular flexibility index (Phi) is 5.18. The number of carbonyl (C=O) groups is 1. The zero-order valence-electron chi connectivity index (χ0n) is 14.2. The van der Waals surface area contributed by atoms with Gasteiger partial charge in [-0.15, -0.1) is 0 Å². The van der Waals surface area contributed by atoms with Crippen molar-refractivity contribution in [3.8, 4) is 0 Å². The third kappa shape index (κ3) is 3.67. The second kappa shape index (κ2) is 7.32. The molecule has 0 spiro atoms. The van der Waals surface area contributed by atoms with Gasteiger partial charge in [-0.2, -0.15) is 0 Å². The predicted molar refractivity (Wildman–Crippen MR) is 92.2 cm³/mol. The van der Waals surface area contributed by atoms with Gasteiger partial charge in [0.25, 0.3) is 5.91 Å². The van der Waals surface area contributed by atoms with Gasteiger partial charge in [-0.3, -0.25) is 4.79 Å². The molecule has 1 amide bonds. The quantitative estimate of drug-likeness (QED) is 0.839. The average Bonchev–Trinajstić information content (AvgIpc) is 2.89. The fraction of sp³-hybridized carbons (Fsp3) is 0.611. The van der Waals surface area contributed by atoms with Crippen LogP contribution in [0, 0.1) is 6.92 Å². The first-order valence-corrected chi connectivity index (χ1v) is 8.56. The first-order valence-electron chi connectivity index (χ1n) is 8.56. The summed E-state index contributed by atoms with van der Waals surface area (Å²) in [6.07, 6.45) is 2.45. The third-order valence-electron chi connectivity index (χ3n) is 5.04. The summed E-state index contributed by atoms with van der Waals surface area (Å²) < 4.78 is 5.00. The molecule has 0 saturated carbocycles. The molecule has 3 fully saturated rings. The topological polar surface area (TPSA) is 44.8 Å². The molecule has 4 rings (SSSR count). The lowest BCUT2D eigenvalue weighted by molar-refractivity contribution is 0.0936. The van der Waals surface area contributed by atoms with Crippen LogP contribution in [-0.2, 0) is 4.74 Å². The van der Waals surface area contributed by atoms with Crippen LogP contribution < -0.4 is 10.2 Å². The maximum Gasteiger partial charge on any atom is 0.251 e. The lowest BCUT2D eigenvalue weighted by atomic mass is 10.0. The van der Waals surface area contributed by atoms with Crippen molar-refractivity contribution in [2.45, 2.75) is 25.8 Å². The predicted octanol–water partition coefficient (Wildman–Crippen LogP) is 1.66. The first kappa shape index (κ1) is 16.3. The van der Waals surface area contributed by atoms with Gasteiger partial charge >= 0.3 is 0 Å². The van der Waals surface area contributed by atoms with Crippen molar-refractivity contribution in [3.05, 3.63) is 29.3 Å². The third-order valence-corrected chi connectivity index (χ3v) is 5.04. The van der Waals surface area contributed by atoms with Gasteiger partial charge in [0.05, 0.1) is 6.61 Å². The number of fused-ring (bicyclic) bond motifs is 4. The summed E-state index contributed by atoms with van der Waals surface area (Å²) in [7, 11) is 1.64. The fourth-order valence-electron chi connectivity index (χ4n) is 3.62. The van der Waals surface area contributed by atoms with Gasteiger partial charge in [-0.25, -0.2) is 0 Å². The zero-order chi connectivity index (χ0) is 16.2. The Morgan fingerprint density at radius 2 is 2.04 bits per heavy atom. The van der Waals surface area contributed by atoms with E-state index in [0.29, 0.717) is 19.2 Å². The van der Waals surface area contributed by atoms with Crippen molar-refractivity contribution >= 4 is 11.6 Å². The number of benzene rings is 1. The van der Waals surface area contributed by atoms with Crippen molar-refractivity contribution in [2.24, 2.45) is 0 Å². The van der Waals surface area contributed by atoms with Gasteiger partial charge in [0, 0.05) is 57.1 Å². The number of hydrogen-bond acceptors (Lipinski definition) is 4. The van der Waals surface area contributed by atoms with Gasteiger partial charge in [0.2, 0.25) is 0 Å². The number of amides is 1. The molecule has 0 atom stereocenters. The number of nitrogens with one attached hydrogen (secondary N) is 1. The van der Waals surface area contributed by atoms with Crippen LogP contribution in [-0.4, -0.2) is 63.3 Å². The van der Waals surface area contributed by atoms with Crippen LogP contribution in [0.25, 0.3) is 0 Å². The van der Waals surface area contributed by atoms with Crippen LogP contribution in [0.15, 0.2) is 18.2 Å². The number of anilines is 1. The van der Waals surface area contributed by atoms with E-state index in [4.69, 9.17) is 4.74 Å². The normalized spacial score (nSPS) is 23.7. The maximum atomic E-state index is 12.4. The van der Waals surface area contributed by atoms with Crippen LogP contribution in [0.3, 0.4) is 0 Å². The Labute approximate surface area is 138 Å². The lowest BCUT2D eigenvalue weighted by Gasteiger charge is -2.33. The molecule has 3 aliphatic rings. The lowest BCUT2D eigenvalue weighted by Crippen LogP contribution is -2.38. The van der Waals surface area contributed by atoms with Crippen molar-refractivity contribution in [3.63, 3.8) is 0 Å². The Hall–Kier alpha value is -1.59. The van der Waals surface area contributed by atoms with E-state index >= 15 is 0 Å². The minimum Gasteiger partial charge on any atom is -0.383 e. The number of rotatable bonds is 5. The summed E-state index contributed by atoms with van der Waals surface area (Å²) in [6, 6.07) is 6.90. The van der Waals surface area contributed by atoms with E-state index < -0.39 is 0 Å². The molecule has 0 aromatic heterocycles. The molecule has 0 aliphatic carbocycles. The Balaban J connectivity index is 1.78. The van der Waals surface area contributed by atoms with E-state index in [-0.39, 0.29) is 5.91 Å². The van der Waals surface area contributed by atoms with Gasteiger partial charge < -0.3 is 19.9 Å². The highest BCUT2D eigenvalue weighted by molar-refractivity contribution is 5.96. The van der Waals surface area contributed by atoms with E-state index in [1.54, 1.807) is 7.11 Å². The molecular weight excluding hydrogens is 290 g/mol. The summed E-state index contributed by atoms with van der Waals surface area (Å²) in [5, 5.41) is 2.93. The van der Waals surface area contributed by atoms with E-state index in [9.17, 15) is 4.79 Å². The molecular formula is C18H27N3O2. The van der Waals surface area contributed by atoms with Crippen LogP contribution in [0.4, 0.5) is 5.69 Å². The number of carbonyl (C=O) groups excluding carboxylic acids is 1. The van der Waals surface area contributed by atoms with Crippen molar-refractivity contribution in [2.75, 3.05) is 51.3 Å². The average molecular weight is 317 g/mol. The van der Waals surface area contributed by atoms with Gasteiger partial charge in [-0.05, 0) is 37.5 Å². The Morgan fingerprint density at radius 3 is 2.78 bits per heavy atom. The van der Waals surface area contributed by atoms with Crippen molar-refractivity contribution in [1.82, 2.24) is 10.2 Å². The van der Waals surface area contributed by atoms with Crippen molar-refractivity contribution < 1.29 is 9.53 Å². The maximum absolute atomic E-state index is 12.4. The molecule has 3 saturated heterocycles. The molecule has 5 heteroatoms. The summed E-state index contributed by atoms with van der Waals surface area (Å²) >= 11 is 0. The molecule has 0 radical (unpaired) electrons. The van der Waals surface area contributed by atoms with Crippen molar-refractivity contribution in [1.29, 1.82) is 0 Å². The van der Waals surface area contributed by atoms with E-state index in [1.807, 2.05) is 6.92 Å². The minimum absolute atomic E-state index is 0.00993. The van der Waals surface area contributed by atoms with Gasteiger partial charge in [-0.1, -0.05) is 6.07 Å². The Bertz CT molecular complexity index is 553. The molecule has 1 N–H and O–H groups in total. The standard InChI is InChI=1S/C18H27N3O2/c1-14-3-4-16(13-17(14)18(22)19-7-12-23-2)21-11-10-20-8-5-15(21)6-9-20/h3-4,13,15H,5-12H2,1-2H3,(H,19,22). The highest BCUT2D eigenvalue weighted by Crippen LogP contribution is 2.28. The molecule has 3 aliphatic heterocycles. The Morgan fingerprint density at radius 1 is 1.26 bits per heavy atom. The zero-order valence-corrected chi connectivity index (χ0v) is 14.2. The second-order valence-corrected chi connectivity index (χ2v) is 6.51. The van der Waals surface area contributed by atoms with Crippen LogP contribution in [0.5, 0.6) is 0 Å². The van der Waals surface area contributed by atoms with E-state index in [0.717, 1.165) is 24.2 Å². The van der Waals surface area contributed by atoms with E-state index in [2.05, 4.69) is 33.3 Å². The first-order chi connectivity index (χ1) is 11.2. The molecule has 126 valence electrons. The number of hydrogen-bond donors (Lipinski definition) is 1. The number of aryl methyl sites for hydroxylation is 1. The summed E-state index contributed by atoms with van der Waals surface area (Å²) in [5.74, 6) is -0.00993. The largest absolute Gasteiger partial charge is 0.383 e. The molecule has 0 unspecified atom stereocenters. The monoisotopic (exact) mass is 317 g/mol. The molecule has 5 nitrogen and oxygen atoms in total. The number of nitrogens with zero attached hydrogens (tertiary/aromatic N) is 2. The second-order valence-electron chi connectivity index (χ2n) is 6.51. The molecule has 23 heavy (non-hydrogen) atoms. The fourth-order valence-corrected chi connectivity index (χ4v) is 3.62. The van der Waals surface area contributed by atoms with Crippen LogP contribution in [0.1, 0.15) is 28.8 Å². The molecule has 2 bridgehead atoms. The number of piperidine rings is 1. The highest BCUT2D eigenvalue weighted by atomic mass is 16.5. The smallest absolute Gasteiger partial charge is 0.251 e. The van der Waals surface area contributed by atoms with Crippen LogP contribution >= 0.6 is 0 Å². The number of ether oxygens (including phenoxy) is 1. The molecule has 1 aromatic rings. The van der Waals surface area contributed by atoms with E-state index in [1.165, 1.54) is 31.6 Å².